The van der Waals surface area contributed by atoms with Crippen LogP contribution in [-0.4, -0.2) is 44.2 Å². The molecule has 7 nitrogen and oxygen atoms in total. The molecule has 0 aliphatic rings. The van der Waals surface area contributed by atoms with E-state index < -0.39 is 0 Å². The lowest BCUT2D eigenvalue weighted by molar-refractivity contribution is 0.188. The number of aromatic nitrogens is 4. The van der Waals surface area contributed by atoms with E-state index in [1.807, 2.05) is 6.92 Å². The number of nitrogens with one attached hydrogen (secondary N) is 3. The molecule has 2 aromatic rings. The SMILES string of the molecule is CCNc1nc(NCCC(C)O)c2[nH]cnc2n1. The minimum atomic E-state index is -0.329. The quantitative estimate of drug-likeness (QED) is 0.609. The average molecular weight is 250 g/mol. The van der Waals surface area contributed by atoms with Gasteiger partial charge in [0.2, 0.25) is 5.95 Å². The minimum Gasteiger partial charge on any atom is -0.393 e. The van der Waals surface area contributed by atoms with Crippen molar-refractivity contribution in [2.24, 2.45) is 0 Å². The maximum atomic E-state index is 9.24. The number of fused-ring (bicyclic) bond motifs is 1. The highest BCUT2D eigenvalue weighted by Gasteiger charge is 2.09. The average Bonchev–Trinajstić information content (AvgIpc) is 2.77. The summed E-state index contributed by atoms with van der Waals surface area (Å²) >= 11 is 0. The molecule has 0 spiro atoms. The summed E-state index contributed by atoms with van der Waals surface area (Å²) in [4.78, 5) is 15.8. The second-order valence-corrected chi connectivity index (χ2v) is 4.09. The maximum absolute atomic E-state index is 9.24. The van der Waals surface area contributed by atoms with Gasteiger partial charge in [0.25, 0.3) is 0 Å². The Morgan fingerprint density at radius 3 is 2.94 bits per heavy atom. The van der Waals surface area contributed by atoms with E-state index in [0.717, 1.165) is 12.1 Å². The Bertz CT molecular complexity index is 509. The van der Waals surface area contributed by atoms with Crippen molar-refractivity contribution in [3.8, 4) is 0 Å². The highest BCUT2D eigenvalue weighted by Crippen LogP contribution is 2.18. The number of rotatable bonds is 6. The molecule has 0 bridgehead atoms. The van der Waals surface area contributed by atoms with Gasteiger partial charge >= 0.3 is 0 Å². The molecule has 1 atom stereocenters. The van der Waals surface area contributed by atoms with Crippen LogP contribution in [0.1, 0.15) is 20.3 Å². The lowest BCUT2D eigenvalue weighted by Crippen LogP contribution is -2.12. The van der Waals surface area contributed by atoms with Crippen LogP contribution in [0.4, 0.5) is 11.8 Å². The third kappa shape index (κ3) is 2.86. The van der Waals surface area contributed by atoms with Crippen molar-refractivity contribution in [3.05, 3.63) is 6.33 Å². The van der Waals surface area contributed by atoms with Gasteiger partial charge in [-0.2, -0.15) is 9.97 Å². The lowest BCUT2D eigenvalue weighted by Gasteiger charge is -2.09. The number of hydrogen-bond donors (Lipinski definition) is 4. The summed E-state index contributed by atoms with van der Waals surface area (Å²) < 4.78 is 0. The fourth-order valence-electron chi connectivity index (χ4n) is 1.60. The number of H-pyrrole nitrogens is 1. The summed E-state index contributed by atoms with van der Waals surface area (Å²) in [6.07, 6.45) is 1.93. The van der Waals surface area contributed by atoms with E-state index in [1.54, 1.807) is 13.3 Å². The van der Waals surface area contributed by atoms with Crippen LogP contribution < -0.4 is 10.6 Å². The van der Waals surface area contributed by atoms with Crippen molar-refractivity contribution in [1.29, 1.82) is 0 Å². The van der Waals surface area contributed by atoms with Gasteiger partial charge in [-0.15, -0.1) is 0 Å². The number of aromatic amines is 1. The molecule has 2 aromatic heterocycles. The van der Waals surface area contributed by atoms with Crippen LogP contribution >= 0.6 is 0 Å². The molecule has 2 heterocycles. The van der Waals surface area contributed by atoms with Crippen LogP contribution in [0, 0.1) is 0 Å². The van der Waals surface area contributed by atoms with Crippen molar-refractivity contribution in [1.82, 2.24) is 19.9 Å². The Kier molecular flexibility index (Phi) is 3.93. The van der Waals surface area contributed by atoms with Crippen LogP contribution in [0.25, 0.3) is 11.2 Å². The molecule has 4 N–H and O–H groups in total. The first-order valence-corrected chi connectivity index (χ1v) is 6.07. The molecular weight excluding hydrogens is 232 g/mol. The van der Waals surface area contributed by atoms with Gasteiger partial charge in [0.05, 0.1) is 12.4 Å². The van der Waals surface area contributed by atoms with E-state index in [2.05, 4.69) is 30.6 Å². The summed E-state index contributed by atoms with van der Waals surface area (Å²) in [7, 11) is 0. The van der Waals surface area contributed by atoms with Crippen LogP contribution in [0.15, 0.2) is 6.33 Å². The molecule has 0 aromatic carbocycles. The molecule has 0 saturated carbocycles. The van der Waals surface area contributed by atoms with Gasteiger partial charge in [-0.1, -0.05) is 0 Å². The van der Waals surface area contributed by atoms with E-state index in [4.69, 9.17) is 0 Å². The molecule has 1 unspecified atom stereocenters. The summed E-state index contributed by atoms with van der Waals surface area (Å²) in [6, 6.07) is 0. The highest BCUT2D eigenvalue weighted by molar-refractivity contribution is 5.83. The number of imidazole rings is 1. The molecule has 0 saturated heterocycles. The third-order valence-corrected chi connectivity index (χ3v) is 2.48. The zero-order valence-corrected chi connectivity index (χ0v) is 10.6. The molecule has 18 heavy (non-hydrogen) atoms. The van der Waals surface area contributed by atoms with Gasteiger partial charge in [-0.25, -0.2) is 4.98 Å². The fourth-order valence-corrected chi connectivity index (χ4v) is 1.60. The molecule has 0 fully saturated rings. The highest BCUT2D eigenvalue weighted by atomic mass is 16.3. The Labute approximate surface area is 105 Å². The van der Waals surface area contributed by atoms with Gasteiger partial charge in [-0.3, -0.25) is 0 Å². The number of aliphatic hydroxyl groups is 1. The van der Waals surface area contributed by atoms with E-state index >= 15 is 0 Å². The molecular formula is C11H18N6O. The standard InChI is InChI=1S/C11H18N6O/c1-3-12-11-16-9(13-5-4-7(2)18)8-10(17-11)15-6-14-8/h6-7,18H,3-5H2,1-2H3,(H3,12,13,14,15,16,17). The van der Waals surface area contributed by atoms with Crippen molar-refractivity contribution in [2.75, 3.05) is 23.7 Å². The largest absolute Gasteiger partial charge is 0.393 e. The zero-order valence-electron chi connectivity index (χ0n) is 10.6. The fraction of sp³-hybridized carbons (Fsp3) is 0.545. The maximum Gasteiger partial charge on any atom is 0.226 e. The van der Waals surface area contributed by atoms with E-state index in [-0.39, 0.29) is 6.10 Å². The number of anilines is 2. The minimum absolute atomic E-state index is 0.329. The van der Waals surface area contributed by atoms with Gasteiger partial charge < -0.3 is 20.7 Å². The summed E-state index contributed by atoms with van der Waals surface area (Å²) in [6.45, 7) is 5.15. The Morgan fingerprint density at radius 2 is 2.22 bits per heavy atom. The smallest absolute Gasteiger partial charge is 0.226 e. The number of aliphatic hydroxyl groups excluding tert-OH is 1. The van der Waals surface area contributed by atoms with Gasteiger partial charge in [0.1, 0.15) is 5.52 Å². The van der Waals surface area contributed by atoms with Crippen molar-refractivity contribution >= 4 is 22.9 Å². The van der Waals surface area contributed by atoms with Crippen LogP contribution in [-0.2, 0) is 0 Å². The zero-order chi connectivity index (χ0) is 13.0. The number of hydrogen-bond acceptors (Lipinski definition) is 6. The second kappa shape index (κ2) is 5.63. The first-order valence-electron chi connectivity index (χ1n) is 6.07. The topological polar surface area (TPSA) is 98.8 Å². The van der Waals surface area contributed by atoms with Crippen LogP contribution in [0.3, 0.4) is 0 Å². The lowest BCUT2D eigenvalue weighted by atomic mass is 10.3. The van der Waals surface area contributed by atoms with E-state index in [1.165, 1.54) is 0 Å². The van der Waals surface area contributed by atoms with Crippen molar-refractivity contribution in [2.45, 2.75) is 26.4 Å². The van der Waals surface area contributed by atoms with Gasteiger partial charge in [-0.05, 0) is 20.3 Å². The normalized spacial score (nSPS) is 12.6. The summed E-state index contributed by atoms with van der Waals surface area (Å²) in [5, 5.41) is 15.5. The molecule has 7 heteroatoms. The van der Waals surface area contributed by atoms with Crippen molar-refractivity contribution in [3.63, 3.8) is 0 Å². The van der Waals surface area contributed by atoms with E-state index in [0.29, 0.717) is 30.4 Å². The van der Waals surface area contributed by atoms with Crippen LogP contribution in [0.2, 0.25) is 0 Å². The molecule has 0 amide bonds. The molecule has 2 rings (SSSR count). The van der Waals surface area contributed by atoms with E-state index in [9.17, 15) is 5.11 Å². The molecule has 0 aliphatic heterocycles. The molecule has 0 radical (unpaired) electrons. The van der Waals surface area contributed by atoms with Gasteiger partial charge in [0, 0.05) is 13.1 Å². The van der Waals surface area contributed by atoms with Crippen LogP contribution in [0.5, 0.6) is 0 Å². The monoisotopic (exact) mass is 250 g/mol. The second-order valence-electron chi connectivity index (χ2n) is 4.09. The molecule has 0 aliphatic carbocycles. The number of nitrogens with zero attached hydrogens (tertiary/aromatic N) is 3. The Morgan fingerprint density at radius 1 is 1.39 bits per heavy atom. The Balaban J connectivity index is 2.20. The van der Waals surface area contributed by atoms with Gasteiger partial charge in [0.15, 0.2) is 11.5 Å². The Hall–Kier alpha value is -1.89. The summed E-state index contributed by atoms with van der Waals surface area (Å²) in [5.41, 5.74) is 1.41. The molecule has 98 valence electrons. The predicted octanol–water partition coefficient (Wildman–Crippen LogP) is 0.968. The first-order chi connectivity index (χ1) is 8.70. The third-order valence-electron chi connectivity index (χ3n) is 2.48. The first kappa shape index (κ1) is 12.6. The van der Waals surface area contributed by atoms with Crippen molar-refractivity contribution < 1.29 is 5.11 Å². The summed E-state index contributed by atoms with van der Waals surface area (Å²) in [5.74, 6) is 1.26. The predicted molar refractivity (Wildman–Crippen MR) is 70.6 cm³/mol.